The third-order valence-corrected chi connectivity index (χ3v) is 4.68. The van der Waals surface area contributed by atoms with E-state index in [1.807, 2.05) is 0 Å². The molecule has 2 rings (SSSR count). The van der Waals surface area contributed by atoms with Crippen molar-refractivity contribution >= 4 is 37.8 Å². The van der Waals surface area contributed by atoms with E-state index >= 15 is 0 Å². The predicted octanol–water partition coefficient (Wildman–Crippen LogP) is 3.64. The van der Waals surface area contributed by atoms with Crippen molar-refractivity contribution in [2.24, 2.45) is 0 Å². The largest absolute Gasteiger partial charge is 0.346 e. The molecule has 1 aliphatic rings. The Bertz CT molecular complexity index is 441. The summed E-state index contributed by atoms with van der Waals surface area (Å²) in [4.78, 5) is 12.0. The lowest BCUT2D eigenvalue weighted by atomic mass is 9.78. The zero-order valence-electron chi connectivity index (χ0n) is 9.10. The summed E-state index contributed by atoms with van der Waals surface area (Å²) >= 11 is 6.64. The van der Waals surface area contributed by atoms with E-state index in [0.29, 0.717) is 9.80 Å². The van der Waals surface area contributed by atoms with Crippen molar-refractivity contribution in [3.05, 3.63) is 34.1 Å². The van der Waals surface area contributed by atoms with Crippen molar-refractivity contribution in [1.29, 1.82) is 0 Å². The van der Waals surface area contributed by atoms with Crippen LogP contribution < -0.4 is 5.32 Å². The van der Waals surface area contributed by atoms with Crippen LogP contribution >= 0.6 is 31.9 Å². The Morgan fingerprint density at radius 3 is 2.71 bits per heavy atom. The molecule has 17 heavy (non-hydrogen) atoms. The van der Waals surface area contributed by atoms with E-state index in [4.69, 9.17) is 0 Å². The van der Waals surface area contributed by atoms with Gasteiger partial charge in [-0.05, 0) is 37.5 Å². The lowest BCUT2D eigenvalue weighted by Crippen LogP contribution is -2.55. The Morgan fingerprint density at radius 2 is 2.18 bits per heavy atom. The first-order chi connectivity index (χ1) is 8.06. The summed E-state index contributed by atoms with van der Waals surface area (Å²) in [6.45, 7) is 0. The lowest BCUT2D eigenvalue weighted by molar-refractivity contribution is 0.0852. The van der Waals surface area contributed by atoms with Crippen LogP contribution in [0.3, 0.4) is 0 Å². The number of rotatable bonds is 3. The number of hydrogen-bond donors (Lipinski definition) is 1. The van der Waals surface area contributed by atoms with Crippen LogP contribution in [0.25, 0.3) is 0 Å². The molecule has 0 saturated heterocycles. The van der Waals surface area contributed by atoms with Crippen LogP contribution in [-0.2, 0) is 0 Å². The molecule has 0 bridgehead atoms. The SMILES string of the molecule is O=C(NC1(CBr)CCC1)c1cc(Br)ccc1F. The molecule has 0 unspecified atom stereocenters. The molecule has 1 saturated carbocycles. The second-order valence-electron chi connectivity index (χ2n) is 4.35. The third kappa shape index (κ3) is 2.71. The van der Waals surface area contributed by atoms with Gasteiger partial charge in [0.05, 0.1) is 11.1 Å². The second-order valence-corrected chi connectivity index (χ2v) is 5.82. The van der Waals surface area contributed by atoms with Crippen LogP contribution in [0.5, 0.6) is 0 Å². The van der Waals surface area contributed by atoms with Gasteiger partial charge < -0.3 is 5.32 Å². The molecule has 1 aromatic rings. The maximum Gasteiger partial charge on any atom is 0.254 e. The summed E-state index contributed by atoms with van der Waals surface area (Å²) in [5.74, 6) is -0.835. The van der Waals surface area contributed by atoms with Crippen LogP contribution in [0.1, 0.15) is 29.6 Å². The summed E-state index contributed by atoms with van der Waals surface area (Å²) < 4.78 is 14.2. The van der Waals surface area contributed by atoms with Crippen LogP contribution in [0.15, 0.2) is 22.7 Å². The standard InChI is InChI=1S/C12H12Br2FNO/c13-7-12(4-1-5-12)16-11(17)9-6-8(14)2-3-10(9)15/h2-3,6H,1,4-5,7H2,(H,16,17). The first-order valence-corrected chi connectivity index (χ1v) is 7.31. The van der Waals surface area contributed by atoms with E-state index in [0.717, 1.165) is 19.3 Å². The molecule has 0 atom stereocenters. The predicted molar refractivity (Wildman–Crippen MR) is 71.9 cm³/mol. The monoisotopic (exact) mass is 363 g/mol. The minimum absolute atomic E-state index is 0.0894. The van der Waals surface area contributed by atoms with E-state index in [2.05, 4.69) is 37.2 Å². The smallest absolute Gasteiger partial charge is 0.254 e. The van der Waals surface area contributed by atoms with E-state index in [-0.39, 0.29) is 17.0 Å². The van der Waals surface area contributed by atoms with Crippen molar-refractivity contribution in [2.45, 2.75) is 24.8 Å². The molecule has 1 N–H and O–H groups in total. The molecular formula is C12H12Br2FNO. The Kier molecular flexibility index (Phi) is 3.88. The maximum atomic E-state index is 13.5. The Morgan fingerprint density at radius 1 is 1.47 bits per heavy atom. The fourth-order valence-electron chi connectivity index (χ4n) is 1.88. The van der Waals surface area contributed by atoms with Gasteiger partial charge in [-0.2, -0.15) is 0 Å². The zero-order chi connectivity index (χ0) is 12.5. The van der Waals surface area contributed by atoms with Gasteiger partial charge in [-0.3, -0.25) is 4.79 Å². The molecule has 2 nitrogen and oxygen atoms in total. The Balaban J connectivity index is 2.17. The summed E-state index contributed by atoms with van der Waals surface area (Å²) in [6.07, 6.45) is 2.99. The van der Waals surface area contributed by atoms with Crippen LogP contribution in [-0.4, -0.2) is 16.8 Å². The van der Waals surface area contributed by atoms with E-state index in [1.165, 1.54) is 12.1 Å². The van der Waals surface area contributed by atoms with Gasteiger partial charge in [-0.15, -0.1) is 0 Å². The average Bonchev–Trinajstić information content (AvgIpc) is 2.26. The molecule has 0 heterocycles. The summed E-state index contributed by atoms with van der Waals surface area (Å²) in [6, 6.07) is 4.38. The van der Waals surface area contributed by atoms with E-state index < -0.39 is 5.82 Å². The molecule has 1 aliphatic carbocycles. The molecule has 1 amide bonds. The number of hydrogen-bond acceptors (Lipinski definition) is 1. The van der Waals surface area contributed by atoms with Gasteiger partial charge in [0.2, 0.25) is 0 Å². The molecule has 0 aliphatic heterocycles. The van der Waals surface area contributed by atoms with Crippen molar-refractivity contribution < 1.29 is 9.18 Å². The average molecular weight is 365 g/mol. The van der Waals surface area contributed by atoms with Crippen molar-refractivity contribution in [3.8, 4) is 0 Å². The van der Waals surface area contributed by atoms with Gasteiger partial charge in [-0.1, -0.05) is 31.9 Å². The topological polar surface area (TPSA) is 29.1 Å². The third-order valence-electron chi connectivity index (χ3n) is 3.12. The van der Waals surface area contributed by atoms with Crippen molar-refractivity contribution in [2.75, 3.05) is 5.33 Å². The number of benzene rings is 1. The molecular weight excluding hydrogens is 353 g/mol. The minimum atomic E-state index is -0.491. The number of carbonyl (C=O) groups excluding carboxylic acids is 1. The molecule has 5 heteroatoms. The molecule has 0 aromatic heterocycles. The first-order valence-electron chi connectivity index (χ1n) is 5.40. The highest BCUT2D eigenvalue weighted by Crippen LogP contribution is 2.33. The number of amides is 1. The molecule has 92 valence electrons. The maximum absolute atomic E-state index is 13.5. The normalized spacial score (nSPS) is 17.4. The number of nitrogens with one attached hydrogen (secondary N) is 1. The molecule has 1 fully saturated rings. The quantitative estimate of drug-likeness (QED) is 0.815. The van der Waals surface area contributed by atoms with Gasteiger partial charge in [0, 0.05) is 9.80 Å². The summed E-state index contributed by atoms with van der Waals surface area (Å²) in [5, 5.41) is 3.63. The van der Waals surface area contributed by atoms with Gasteiger partial charge in [0.25, 0.3) is 5.91 Å². The highest BCUT2D eigenvalue weighted by atomic mass is 79.9. The van der Waals surface area contributed by atoms with Crippen LogP contribution in [0, 0.1) is 5.82 Å². The number of alkyl halides is 1. The number of halogens is 3. The van der Waals surface area contributed by atoms with E-state index in [9.17, 15) is 9.18 Å². The summed E-state index contributed by atoms with van der Waals surface area (Å²) in [5.41, 5.74) is -0.0992. The molecule has 0 spiro atoms. The summed E-state index contributed by atoms with van der Waals surface area (Å²) in [7, 11) is 0. The van der Waals surface area contributed by atoms with Crippen LogP contribution in [0.2, 0.25) is 0 Å². The van der Waals surface area contributed by atoms with Crippen LogP contribution in [0.4, 0.5) is 4.39 Å². The molecule has 0 radical (unpaired) electrons. The highest BCUT2D eigenvalue weighted by Gasteiger charge is 2.37. The highest BCUT2D eigenvalue weighted by molar-refractivity contribution is 9.10. The Hall–Kier alpha value is -0.420. The fraction of sp³-hybridized carbons (Fsp3) is 0.417. The van der Waals surface area contributed by atoms with E-state index in [1.54, 1.807) is 6.07 Å². The first kappa shape index (κ1) is 13.0. The van der Waals surface area contributed by atoms with Gasteiger partial charge in [0.1, 0.15) is 5.82 Å². The fourth-order valence-corrected chi connectivity index (χ4v) is 2.94. The van der Waals surface area contributed by atoms with Gasteiger partial charge in [0.15, 0.2) is 0 Å². The zero-order valence-corrected chi connectivity index (χ0v) is 12.3. The second kappa shape index (κ2) is 5.06. The van der Waals surface area contributed by atoms with Gasteiger partial charge in [-0.25, -0.2) is 4.39 Å². The minimum Gasteiger partial charge on any atom is -0.346 e. The number of carbonyl (C=O) groups is 1. The lowest BCUT2D eigenvalue weighted by Gasteiger charge is -2.41. The van der Waals surface area contributed by atoms with Crippen molar-refractivity contribution in [1.82, 2.24) is 5.32 Å². The van der Waals surface area contributed by atoms with Gasteiger partial charge >= 0.3 is 0 Å². The van der Waals surface area contributed by atoms with Crippen molar-refractivity contribution in [3.63, 3.8) is 0 Å². The molecule has 1 aromatic carbocycles. The Labute approximate surface area is 116 Å².